The van der Waals surface area contributed by atoms with Crippen molar-refractivity contribution >= 4 is 33.5 Å². The van der Waals surface area contributed by atoms with Crippen LogP contribution < -0.4 is 10.2 Å². The maximum Gasteiger partial charge on any atom is 0.397 e. The second kappa shape index (κ2) is 6.92. The number of carbonyl (C=O) groups is 1. The second-order valence-electron chi connectivity index (χ2n) is 7.05. The monoisotopic (exact) mass is 392 g/mol. The van der Waals surface area contributed by atoms with Crippen molar-refractivity contribution in [2.75, 3.05) is 18.0 Å². The van der Waals surface area contributed by atoms with Crippen molar-refractivity contribution in [3.63, 3.8) is 0 Å². The van der Waals surface area contributed by atoms with Crippen molar-refractivity contribution in [3.05, 3.63) is 24.2 Å². The number of rotatable bonds is 3. The van der Waals surface area contributed by atoms with Crippen LogP contribution in [0.3, 0.4) is 0 Å². The molecule has 2 N–H and O–H groups in total. The molecule has 1 fully saturated rings. The van der Waals surface area contributed by atoms with Gasteiger partial charge in [0.2, 0.25) is 5.91 Å². The summed E-state index contributed by atoms with van der Waals surface area (Å²) in [6.45, 7) is 2.99. The van der Waals surface area contributed by atoms with Gasteiger partial charge in [-0.1, -0.05) is 0 Å². The van der Waals surface area contributed by atoms with Crippen LogP contribution >= 0.6 is 0 Å². The number of hydrogen-bond acceptors (Lipinski definition) is 5. The highest BCUT2D eigenvalue weighted by Gasteiger charge is 2.33. The Bertz CT molecular complexity index is 1030. The molecule has 1 aliphatic rings. The van der Waals surface area contributed by atoms with Crippen molar-refractivity contribution in [2.45, 2.75) is 38.4 Å². The Kier molecular flexibility index (Phi) is 4.56. The minimum Gasteiger partial charge on any atom is -0.353 e. The molecule has 0 saturated carbocycles. The van der Waals surface area contributed by atoms with Crippen LogP contribution in [-0.2, 0) is 4.79 Å². The number of carbonyl (C=O) groups excluding carboxylic acids is 1. The molecule has 3 aromatic rings. The van der Waals surface area contributed by atoms with Gasteiger partial charge >= 0.3 is 6.18 Å². The molecule has 0 radical (unpaired) electrons. The fraction of sp³-hybridized carbons (Fsp3) is 0.444. The van der Waals surface area contributed by atoms with Gasteiger partial charge in [0.1, 0.15) is 6.42 Å². The largest absolute Gasteiger partial charge is 0.397 e. The first kappa shape index (κ1) is 18.5. The van der Waals surface area contributed by atoms with E-state index in [0.717, 1.165) is 28.3 Å². The van der Waals surface area contributed by atoms with Gasteiger partial charge in [-0.05, 0) is 25.8 Å². The molecule has 3 aromatic heterocycles. The van der Waals surface area contributed by atoms with Crippen molar-refractivity contribution in [2.24, 2.45) is 0 Å². The minimum absolute atomic E-state index is 0.364. The molecule has 1 atom stereocenters. The molecule has 10 heteroatoms. The van der Waals surface area contributed by atoms with E-state index >= 15 is 0 Å². The lowest BCUT2D eigenvalue weighted by atomic mass is 10.0. The van der Waals surface area contributed by atoms with Crippen LogP contribution in [0.1, 0.15) is 25.0 Å². The zero-order valence-corrected chi connectivity index (χ0v) is 15.2. The van der Waals surface area contributed by atoms with E-state index in [1.807, 2.05) is 17.9 Å². The van der Waals surface area contributed by atoms with E-state index < -0.39 is 18.5 Å². The van der Waals surface area contributed by atoms with E-state index in [2.05, 4.69) is 25.5 Å². The Balaban J connectivity index is 1.64. The highest BCUT2D eigenvalue weighted by atomic mass is 19.4. The number of hydrogen-bond donors (Lipinski definition) is 2. The maximum absolute atomic E-state index is 12.4. The van der Waals surface area contributed by atoms with Gasteiger partial charge in [-0.25, -0.2) is 9.97 Å². The summed E-state index contributed by atoms with van der Waals surface area (Å²) in [5, 5.41) is 12.7. The number of H-pyrrole nitrogens is 1. The Morgan fingerprint density at radius 2 is 2.18 bits per heavy atom. The van der Waals surface area contributed by atoms with E-state index in [0.29, 0.717) is 31.0 Å². The van der Waals surface area contributed by atoms with E-state index in [-0.39, 0.29) is 6.04 Å². The predicted molar refractivity (Wildman–Crippen MR) is 98.0 cm³/mol. The third-order valence-corrected chi connectivity index (χ3v) is 4.94. The van der Waals surface area contributed by atoms with Crippen LogP contribution in [0.4, 0.5) is 19.0 Å². The number of amides is 1. The quantitative estimate of drug-likeness (QED) is 0.716. The minimum atomic E-state index is -4.51. The third-order valence-electron chi connectivity index (χ3n) is 4.94. The average molecular weight is 392 g/mol. The number of nitrogens with zero attached hydrogens (tertiary/aromatic N) is 4. The van der Waals surface area contributed by atoms with Crippen molar-refractivity contribution < 1.29 is 18.0 Å². The van der Waals surface area contributed by atoms with Gasteiger partial charge in [0.05, 0.1) is 0 Å². The first-order chi connectivity index (χ1) is 13.3. The number of piperidine rings is 1. The van der Waals surface area contributed by atoms with E-state index in [1.165, 1.54) is 0 Å². The van der Waals surface area contributed by atoms with Crippen molar-refractivity contribution in [1.82, 2.24) is 25.5 Å². The molecule has 1 aliphatic heterocycles. The van der Waals surface area contributed by atoms with Gasteiger partial charge < -0.3 is 10.2 Å². The fourth-order valence-corrected chi connectivity index (χ4v) is 3.71. The van der Waals surface area contributed by atoms with Crippen LogP contribution in [0.25, 0.3) is 21.8 Å². The number of fused-ring (bicyclic) bond motifs is 3. The summed E-state index contributed by atoms with van der Waals surface area (Å²) in [6, 6.07) is 1.51. The summed E-state index contributed by atoms with van der Waals surface area (Å²) in [6.07, 6.45) is -1.18. The number of pyridine rings is 1. The molecule has 28 heavy (non-hydrogen) atoms. The number of anilines is 1. The highest BCUT2D eigenvalue weighted by Crippen LogP contribution is 2.32. The van der Waals surface area contributed by atoms with Crippen LogP contribution in [0.5, 0.6) is 0 Å². The van der Waals surface area contributed by atoms with Gasteiger partial charge in [-0.15, -0.1) is 0 Å². The first-order valence-corrected chi connectivity index (χ1v) is 9.01. The number of alkyl halides is 3. The maximum atomic E-state index is 12.4. The highest BCUT2D eigenvalue weighted by molar-refractivity contribution is 6.10. The summed E-state index contributed by atoms with van der Waals surface area (Å²) in [4.78, 5) is 22.3. The standard InChI is InChI=1S/C18H19F3N6O/c1-10-13-8-23-16-12(4-5-22-16)15(13)17(26-25-10)27-6-2-3-11(9-27)24-14(28)7-18(19,20)21/h4-5,8,11,25H,2-3,6-7,9H2,1H3,(H,24,28). The number of aromatic amines is 1. The lowest BCUT2D eigenvalue weighted by Gasteiger charge is -2.34. The molecular weight excluding hydrogens is 373 g/mol. The molecule has 0 spiro atoms. The van der Waals surface area contributed by atoms with E-state index in [1.54, 1.807) is 12.4 Å². The third kappa shape index (κ3) is 3.58. The molecule has 0 aromatic carbocycles. The molecular formula is C18H19F3N6O. The summed E-state index contributed by atoms with van der Waals surface area (Å²) < 4.78 is 37.3. The summed E-state index contributed by atoms with van der Waals surface area (Å²) in [7, 11) is 0. The molecule has 1 amide bonds. The Morgan fingerprint density at radius 1 is 1.36 bits per heavy atom. The second-order valence-corrected chi connectivity index (χ2v) is 7.05. The van der Waals surface area contributed by atoms with Crippen LogP contribution in [0.2, 0.25) is 0 Å². The molecule has 148 valence electrons. The zero-order valence-electron chi connectivity index (χ0n) is 15.2. The fourth-order valence-electron chi connectivity index (χ4n) is 3.71. The predicted octanol–water partition coefficient (Wildman–Crippen LogP) is 2.85. The van der Waals surface area contributed by atoms with Crippen LogP contribution in [0, 0.1) is 6.92 Å². The van der Waals surface area contributed by atoms with Crippen molar-refractivity contribution in [3.8, 4) is 0 Å². The Hall–Kier alpha value is -2.91. The molecule has 4 heterocycles. The Morgan fingerprint density at radius 3 is 2.96 bits per heavy atom. The molecule has 0 aliphatic carbocycles. The summed E-state index contributed by atoms with van der Waals surface area (Å²) >= 11 is 0. The van der Waals surface area contributed by atoms with Gasteiger partial charge in [0.25, 0.3) is 0 Å². The topological polar surface area (TPSA) is 86.8 Å². The molecule has 1 saturated heterocycles. The van der Waals surface area contributed by atoms with Gasteiger partial charge in [-0.3, -0.25) is 9.89 Å². The van der Waals surface area contributed by atoms with Gasteiger partial charge in [0, 0.05) is 53.4 Å². The van der Waals surface area contributed by atoms with Gasteiger partial charge in [-0.2, -0.15) is 18.3 Å². The average Bonchev–Trinajstić information content (AvgIpc) is 3.09. The summed E-state index contributed by atoms with van der Waals surface area (Å²) in [5.41, 5.74) is 1.48. The smallest absolute Gasteiger partial charge is 0.353 e. The van der Waals surface area contributed by atoms with Crippen LogP contribution in [0.15, 0.2) is 18.5 Å². The lowest BCUT2D eigenvalue weighted by Crippen LogP contribution is -2.48. The van der Waals surface area contributed by atoms with Crippen LogP contribution in [-0.4, -0.2) is 51.4 Å². The molecule has 4 rings (SSSR count). The number of aromatic nitrogens is 4. The zero-order chi connectivity index (χ0) is 19.9. The number of aryl methyl sites for hydroxylation is 1. The summed E-state index contributed by atoms with van der Waals surface area (Å²) in [5.74, 6) is -0.310. The lowest BCUT2D eigenvalue weighted by molar-refractivity contribution is -0.154. The Labute approximate surface area is 158 Å². The SMILES string of the molecule is Cc1[nH]nc(N2CCCC(NC(=O)CC(F)(F)F)C2)c2c1cnc1nccc12. The molecule has 1 unspecified atom stereocenters. The normalized spacial score (nSPS) is 18.0. The number of nitrogens with one attached hydrogen (secondary N) is 2. The van der Waals surface area contributed by atoms with E-state index in [9.17, 15) is 18.0 Å². The first-order valence-electron chi connectivity index (χ1n) is 9.01. The molecule has 0 bridgehead atoms. The van der Waals surface area contributed by atoms with E-state index in [4.69, 9.17) is 0 Å². The van der Waals surface area contributed by atoms with Gasteiger partial charge in [0.15, 0.2) is 11.5 Å². The number of halogens is 3. The van der Waals surface area contributed by atoms with Crippen molar-refractivity contribution in [1.29, 1.82) is 0 Å². The molecule has 7 nitrogen and oxygen atoms in total.